The van der Waals surface area contributed by atoms with Crippen LogP contribution in [0.5, 0.6) is 0 Å². The topological polar surface area (TPSA) is 44.6 Å². The van der Waals surface area contributed by atoms with E-state index in [-0.39, 0.29) is 0 Å². The Morgan fingerprint density at radius 1 is 1.21 bits per heavy atom. The van der Waals surface area contributed by atoms with Crippen LogP contribution in [0.3, 0.4) is 0 Å². The molecule has 1 aromatic carbocycles. The Morgan fingerprint density at radius 3 is 2.74 bits per heavy atom. The lowest BCUT2D eigenvalue weighted by Crippen LogP contribution is -2.36. The predicted molar refractivity (Wildman–Crippen MR) is 79.5 cm³/mol. The second-order valence-electron chi connectivity index (χ2n) is 5.56. The molecule has 1 heterocycles. The summed E-state index contributed by atoms with van der Waals surface area (Å²) in [6.07, 6.45) is 4.85. The molecule has 2 unspecified atom stereocenters. The Bertz CT molecular complexity index is 527. The van der Waals surface area contributed by atoms with Crippen LogP contribution in [-0.4, -0.2) is 16.3 Å². The second kappa shape index (κ2) is 5.17. The third-order valence-electron chi connectivity index (χ3n) is 4.26. The Morgan fingerprint density at radius 2 is 1.95 bits per heavy atom. The highest BCUT2D eigenvalue weighted by atomic mass is 32.2. The number of benzene rings is 1. The van der Waals surface area contributed by atoms with E-state index in [0.717, 1.165) is 17.9 Å². The fraction of sp³-hybridized carbons (Fsp3) is 0.533. The first-order valence-electron chi connectivity index (χ1n) is 6.95. The van der Waals surface area contributed by atoms with Crippen molar-refractivity contribution in [2.45, 2.75) is 49.7 Å². The van der Waals surface area contributed by atoms with Crippen LogP contribution in [0.4, 0.5) is 5.69 Å². The van der Waals surface area contributed by atoms with E-state index in [9.17, 15) is 5.21 Å². The number of nitrogens with zero attached hydrogens (tertiary/aromatic N) is 1. The number of nitrogens with one attached hydrogen (secondary N) is 1. The van der Waals surface area contributed by atoms with Gasteiger partial charge in [0.15, 0.2) is 0 Å². The molecule has 2 aliphatic rings. The van der Waals surface area contributed by atoms with E-state index in [1.807, 2.05) is 11.8 Å². The van der Waals surface area contributed by atoms with Gasteiger partial charge < -0.3 is 0 Å². The first-order valence-corrected chi connectivity index (χ1v) is 7.83. The van der Waals surface area contributed by atoms with Gasteiger partial charge in [0.1, 0.15) is 5.84 Å². The number of rotatable bonds is 0. The molecule has 2 atom stereocenters. The average Bonchev–Trinajstić information content (AvgIpc) is 2.56. The Balaban J connectivity index is 2.07. The molecule has 1 saturated carbocycles. The lowest BCUT2D eigenvalue weighted by atomic mass is 9.88. The maximum Gasteiger partial charge on any atom is 0.130 e. The molecule has 1 fully saturated rings. The molecule has 3 rings (SSSR count). The fourth-order valence-electron chi connectivity index (χ4n) is 2.99. The molecule has 3 nitrogen and oxygen atoms in total. The van der Waals surface area contributed by atoms with Gasteiger partial charge in [-0.2, -0.15) is 0 Å². The van der Waals surface area contributed by atoms with Crippen LogP contribution < -0.4 is 5.48 Å². The zero-order valence-corrected chi connectivity index (χ0v) is 12.3. The number of hydrogen-bond donors (Lipinski definition) is 2. The Hall–Kier alpha value is -1.00. The molecule has 102 valence electrons. The normalized spacial score (nSPS) is 25.9. The van der Waals surface area contributed by atoms with Crippen LogP contribution in [-0.2, 0) is 0 Å². The smallest absolute Gasteiger partial charge is 0.130 e. The van der Waals surface area contributed by atoms with E-state index in [0.29, 0.717) is 11.2 Å². The molecule has 4 heteroatoms. The quantitative estimate of drug-likeness (QED) is 0.705. The van der Waals surface area contributed by atoms with E-state index in [1.54, 1.807) is 0 Å². The van der Waals surface area contributed by atoms with Gasteiger partial charge in [0.05, 0.1) is 5.69 Å². The number of hydroxylamine groups is 1. The molecule has 0 bridgehead atoms. The van der Waals surface area contributed by atoms with Gasteiger partial charge in [0, 0.05) is 16.1 Å². The summed E-state index contributed by atoms with van der Waals surface area (Å²) in [4.78, 5) is 5.93. The highest BCUT2D eigenvalue weighted by Gasteiger charge is 2.33. The van der Waals surface area contributed by atoms with Crippen molar-refractivity contribution >= 4 is 23.3 Å². The molecular formula is C15H20N2OS. The van der Waals surface area contributed by atoms with Gasteiger partial charge in [0.25, 0.3) is 0 Å². The number of aryl methyl sites for hydroxylation is 2. The largest absolute Gasteiger partial charge is 0.290 e. The summed E-state index contributed by atoms with van der Waals surface area (Å²) in [6, 6.07) is 4.37. The van der Waals surface area contributed by atoms with E-state index in [4.69, 9.17) is 0 Å². The van der Waals surface area contributed by atoms with Gasteiger partial charge in [0.2, 0.25) is 0 Å². The molecule has 0 amide bonds. The van der Waals surface area contributed by atoms with Crippen LogP contribution >= 0.6 is 11.8 Å². The number of aliphatic imine (C=N–C) groups is 1. The summed E-state index contributed by atoms with van der Waals surface area (Å²) >= 11 is 1.94. The molecule has 0 radical (unpaired) electrons. The van der Waals surface area contributed by atoms with Crippen molar-refractivity contribution in [3.8, 4) is 0 Å². The third-order valence-corrected chi connectivity index (χ3v) is 5.71. The molecule has 1 aliphatic carbocycles. The second-order valence-corrected chi connectivity index (χ2v) is 6.84. The SMILES string of the molecule is Cc1cc2c(cc1C)SC1CCCCC1C(NO)=N2. The highest BCUT2D eigenvalue weighted by Crippen LogP contribution is 2.45. The van der Waals surface area contributed by atoms with E-state index in [1.165, 1.54) is 35.3 Å². The third kappa shape index (κ3) is 2.39. The van der Waals surface area contributed by atoms with Gasteiger partial charge in [-0.05, 0) is 49.9 Å². The van der Waals surface area contributed by atoms with Gasteiger partial charge in [-0.1, -0.05) is 12.8 Å². The van der Waals surface area contributed by atoms with E-state index >= 15 is 0 Å². The molecule has 1 aromatic rings. The minimum atomic E-state index is 0.358. The van der Waals surface area contributed by atoms with Gasteiger partial charge in [-0.3, -0.25) is 10.7 Å². The van der Waals surface area contributed by atoms with Crippen molar-refractivity contribution < 1.29 is 5.21 Å². The first kappa shape index (κ1) is 13.0. The van der Waals surface area contributed by atoms with Crippen molar-refractivity contribution in [3.05, 3.63) is 23.3 Å². The van der Waals surface area contributed by atoms with Crippen LogP contribution in [0.25, 0.3) is 0 Å². The van der Waals surface area contributed by atoms with Gasteiger partial charge in [-0.15, -0.1) is 11.8 Å². The monoisotopic (exact) mass is 276 g/mol. The molecular weight excluding hydrogens is 256 g/mol. The van der Waals surface area contributed by atoms with Crippen LogP contribution in [0.15, 0.2) is 22.0 Å². The lowest BCUT2D eigenvalue weighted by Gasteiger charge is -2.29. The zero-order valence-electron chi connectivity index (χ0n) is 11.4. The van der Waals surface area contributed by atoms with Gasteiger partial charge in [-0.25, -0.2) is 4.99 Å². The lowest BCUT2D eigenvalue weighted by molar-refractivity contribution is 0.223. The van der Waals surface area contributed by atoms with Crippen LogP contribution in [0.2, 0.25) is 0 Å². The summed E-state index contributed by atoms with van der Waals surface area (Å²) in [7, 11) is 0. The highest BCUT2D eigenvalue weighted by molar-refractivity contribution is 8.00. The number of fused-ring (bicyclic) bond motifs is 2. The number of thioether (sulfide) groups is 1. The summed E-state index contributed by atoms with van der Waals surface area (Å²) in [5.74, 6) is 1.11. The fourth-order valence-corrected chi connectivity index (χ4v) is 4.50. The standard InChI is InChI=1S/C15H20N2OS/c1-9-7-12-14(8-10(9)2)19-13-6-4-3-5-11(13)15(16-12)17-18/h7-8,11,13,18H,3-6H2,1-2H3,(H,16,17). The summed E-state index contributed by atoms with van der Waals surface area (Å²) < 4.78 is 0. The molecule has 0 aromatic heterocycles. The van der Waals surface area contributed by atoms with Crippen molar-refractivity contribution in [2.24, 2.45) is 10.9 Å². The molecule has 1 aliphatic heterocycles. The van der Waals surface area contributed by atoms with Crippen molar-refractivity contribution in [1.29, 1.82) is 0 Å². The molecule has 2 N–H and O–H groups in total. The first-order chi connectivity index (χ1) is 9.19. The summed E-state index contributed by atoms with van der Waals surface area (Å²) in [5, 5.41) is 9.95. The van der Waals surface area contributed by atoms with E-state index < -0.39 is 0 Å². The molecule has 0 spiro atoms. The maximum absolute atomic E-state index is 9.41. The van der Waals surface area contributed by atoms with Crippen molar-refractivity contribution in [2.75, 3.05) is 0 Å². The Kier molecular flexibility index (Phi) is 3.54. The Labute approximate surface area is 118 Å². The maximum atomic E-state index is 9.41. The molecule has 19 heavy (non-hydrogen) atoms. The predicted octanol–water partition coefficient (Wildman–Crippen LogP) is 3.98. The van der Waals surface area contributed by atoms with Gasteiger partial charge >= 0.3 is 0 Å². The summed E-state index contributed by atoms with van der Waals surface area (Å²) in [6.45, 7) is 4.26. The minimum absolute atomic E-state index is 0.358. The van der Waals surface area contributed by atoms with Crippen molar-refractivity contribution in [1.82, 2.24) is 5.48 Å². The van der Waals surface area contributed by atoms with E-state index in [2.05, 4.69) is 36.5 Å². The molecule has 0 saturated heterocycles. The number of hydrogen-bond acceptors (Lipinski definition) is 4. The minimum Gasteiger partial charge on any atom is -0.290 e. The van der Waals surface area contributed by atoms with Crippen LogP contribution in [0, 0.1) is 19.8 Å². The zero-order chi connectivity index (χ0) is 13.4. The average molecular weight is 276 g/mol. The summed E-state index contributed by atoms with van der Waals surface area (Å²) in [5.41, 5.74) is 5.92. The number of amidine groups is 1. The van der Waals surface area contributed by atoms with Crippen molar-refractivity contribution in [3.63, 3.8) is 0 Å². The van der Waals surface area contributed by atoms with Crippen LogP contribution in [0.1, 0.15) is 36.8 Å².